The highest BCUT2D eigenvalue weighted by atomic mass is 16.3. The van der Waals surface area contributed by atoms with Crippen LogP contribution in [0.15, 0.2) is 30.3 Å². The summed E-state index contributed by atoms with van der Waals surface area (Å²) in [7, 11) is 2.11. The van der Waals surface area contributed by atoms with Crippen molar-refractivity contribution < 1.29 is 9.90 Å². The van der Waals surface area contributed by atoms with E-state index in [1.807, 2.05) is 30.3 Å². The third-order valence-corrected chi connectivity index (χ3v) is 4.30. The fourth-order valence-electron chi connectivity index (χ4n) is 2.57. The third kappa shape index (κ3) is 5.00. The summed E-state index contributed by atoms with van der Waals surface area (Å²) in [4.78, 5) is 14.4. The van der Waals surface area contributed by atoms with Gasteiger partial charge in [-0.15, -0.1) is 0 Å². The first-order valence-electron chi connectivity index (χ1n) is 8.04. The molecule has 1 aliphatic rings. The van der Waals surface area contributed by atoms with Crippen LogP contribution in [0.5, 0.6) is 0 Å². The highest BCUT2D eigenvalue weighted by Gasteiger charge is 2.29. The van der Waals surface area contributed by atoms with E-state index < -0.39 is 0 Å². The summed E-state index contributed by atoms with van der Waals surface area (Å²) in [6.45, 7) is 2.79. The number of aliphatic hydroxyl groups is 1. The van der Waals surface area contributed by atoms with Gasteiger partial charge in [-0.25, -0.2) is 4.79 Å². The average Bonchev–Trinajstić information content (AvgIpc) is 3.37. The van der Waals surface area contributed by atoms with Crippen molar-refractivity contribution in [1.29, 1.82) is 0 Å². The molecule has 0 aliphatic heterocycles. The van der Waals surface area contributed by atoms with Gasteiger partial charge in [0, 0.05) is 25.2 Å². The number of hydrogen-bond acceptors (Lipinski definition) is 3. The Morgan fingerprint density at radius 2 is 2.05 bits per heavy atom. The topological polar surface area (TPSA) is 64.6 Å². The molecule has 2 rings (SSSR count). The van der Waals surface area contributed by atoms with Crippen molar-refractivity contribution in [2.75, 3.05) is 20.2 Å². The van der Waals surface area contributed by atoms with Gasteiger partial charge in [0.1, 0.15) is 0 Å². The molecule has 0 spiro atoms. The number of urea groups is 1. The van der Waals surface area contributed by atoms with Gasteiger partial charge in [-0.1, -0.05) is 30.3 Å². The second kappa shape index (κ2) is 8.15. The Morgan fingerprint density at radius 1 is 1.36 bits per heavy atom. The summed E-state index contributed by atoms with van der Waals surface area (Å²) in [5.74, 6) is 0. The van der Waals surface area contributed by atoms with E-state index in [0.717, 1.165) is 5.56 Å². The predicted molar refractivity (Wildman–Crippen MR) is 87.7 cm³/mol. The zero-order valence-corrected chi connectivity index (χ0v) is 13.5. The number of amides is 2. The predicted octanol–water partition coefficient (Wildman–Crippen LogP) is 1.89. The first-order chi connectivity index (χ1) is 10.6. The molecule has 2 amide bonds. The Morgan fingerprint density at radius 3 is 2.64 bits per heavy atom. The zero-order chi connectivity index (χ0) is 15.9. The molecule has 1 aliphatic carbocycles. The third-order valence-electron chi connectivity index (χ3n) is 4.30. The van der Waals surface area contributed by atoms with Crippen LogP contribution in [0.2, 0.25) is 0 Å². The summed E-state index contributed by atoms with van der Waals surface area (Å²) >= 11 is 0. The normalized spacial score (nSPS) is 17.1. The van der Waals surface area contributed by atoms with E-state index in [1.54, 1.807) is 0 Å². The molecule has 1 fully saturated rings. The minimum absolute atomic E-state index is 0.0423. The molecule has 122 valence electrons. The Hall–Kier alpha value is -1.59. The zero-order valence-electron chi connectivity index (χ0n) is 13.5. The summed E-state index contributed by atoms with van der Waals surface area (Å²) in [6.07, 6.45) is 3.04. The number of nitrogens with one attached hydrogen (secondary N) is 2. The largest absolute Gasteiger partial charge is 0.396 e. The molecule has 0 aromatic heterocycles. The molecule has 0 saturated heterocycles. The van der Waals surface area contributed by atoms with Crippen LogP contribution in [0.1, 0.15) is 37.8 Å². The Balaban J connectivity index is 1.80. The maximum absolute atomic E-state index is 12.1. The van der Waals surface area contributed by atoms with Crippen LogP contribution in [0.4, 0.5) is 4.79 Å². The van der Waals surface area contributed by atoms with Crippen LogP contribution >= 0.6 is 0 Å². The van der Waals surface area contributed by atoms with Gasteiger partial charge in [-0.3, -0.25) is 4.90 Å². The van der Waals surface area contributed by atoms with Crippen molar-refractivity contribution in [2.45, 2.75) is 44.3 Å². The number of aliphatic hydroxyl groups excluding tert-OH is 1. The Kier molecular flexibility index (Phi) is 6.21. The van der Waals surface area contributed by atoms with Crippen molar-refractivity contribution in [2.24, 2.45) is 0 Å². The van der Waals surface area contributed by atoms with Crippen molar-refractivity contribution in [1.82, 2.24) is 15.5 Å². The molecular weight excluding hydrogens is 278 g/mol. The molecule has 3 N–H and O–H groups in total. The second-order valence-electron chi connectivity index (χ2n) is 6.08. The second-order valence-corrected chi connectivity index (χ2v) is 6.08. The van der Waals surface area contributed by atoms with Gasteiger partial charge < -0.3 is 15.7 Å². The molecule has 5 heteroatoms. The Labute approximate surface area is 132 Å². The van der Waals surface area contributed by atoms with Crippen molar-refractivity contribution >= 4 is 6.03 Å². The number of rotatable bonds is 8. The van der Waals surface area contributed by atoms with Gasteiger partial charge in [0.2, 0.25) is 0 Å². The fourth-order valence-corrected chi connectivity index (χ4v) is 2.57. The molecule has 0 radical (unpaired) electrons. The van der Waals surface area contributed by atoms with Gasteiger partial charge in [-0.2, -0.15) is 0 Å². The minimum Gasteiger partial charge on any atom is -0.396 e. The van der Waals surface area contributed by atoms with Gasteiger partial charge in [0.25, 0.3) is 0 Å². The van der Waals surface area contributed by atoms with Crippen molar-refractivity contribution in [3.8, 4) is 0 Å². The minimum atomic E-state index is -0.182. The maximum atomic E-state index is 12.1. The lowest BCUT2D eigenvalue weighted by Crippen LogP contribution is -2.45. The van der Waals surface area contributed by atoms with E-state index in [9.17, 15) is 9.90 Å². The smallest absolute Gasteiger partial charge is 0.315 e. The van der Waals surface area contributed by atoms with E-state index in [1.165, 1.54) is 12.8 Å². The van der Waals surface area contributed by atoms with E-state index in [0.29, 0.717) is 25.0 Å². The molecule has 1 unspecified atom stereocenters. The van der Waals surface area contributed by atoms with Crippen molar-refractivity contribution in [3.63, 3.8) is 0 Å². The van der Waals surface area contributed by atoms with Crippen LogP contribution in [-0.2, 0) is 0 Å². The number of nitrogens with zero attached hydrogens (tertiary/aromatic N) is 1. The van der Waals surface area contributed by atoms with Gasteiger partial charge in [-0.05, 0) is 38.8 Å². The van der Waals surface area contributed by atoms with Crippen LogP contribution in [-0.4, -0.2) is 48.3 Å². The lowest BCUT2D eigenvalue weighted by Gasteiger charge is -2.25. The number of benzene rings is 1. The molecule has 1 aromatic carbocycles. The summed E-state index contributed by atoms with van der Waals surface area (Å²) < 4.78 is 0. The molecule has 0 heterocycles. The number of carbonyl (C=O) groups is 1. The van der Waals surface area contributed by atoms with Gasteiger partial charge in [0.05, 0.1) is 6.04 Å². The van der Waals surface area contributed by atoms with Crippen LogP contribution in [0.25, 0.3) is 0 Å². The van der Waals surface area contributed by atoms with Gasteiger partial charge >= 0.3 is 6.03 Å². The molecule has 5 nitrogen and oxygen atoms in total. The highest BCUT2D eigenvalue weighted by molar-refractivity contribution is 5.74. The van der Waals surface area contributed by atoms with E-state index in [4.69, 9.17) is 0 Å². The molecule has 22 heavy (non-hydrogen) atoms. The lowest BCUT2D eigenvalue weighted by atomic mass is 10.0. The first kappa shape index (κ1) is 16.8. The number of likely N-dealkylation sites (N-methyl/N-ethyl adjacent to an activating group) is 1. The quantitative estimate of drug-likeness (QED) is 0.687. The van der Waals surface area contributed by atoms with E-state index >= 15 is 0 Å². The summed E-state index contributed by atoms with van der Waals surface area (Å²) in [5.41, 5.74) is 1.01. The maximum Gasteiger partial charge on any atom is 0.315 e. The fraction of sp³-hybridized carbons (Fsp3) is 0.588. The van der Waals surface area contributed by atoms with Crippen LogP contribution < -0.4 is 10.6 Å². The first-order valence-corrected chi connectivity index (χ1v) is 8.04. The van der Waals surface area contributed by atoms with Crippen LogP contribution in [0, 0.1) is 0 Å². The average molecular weight is 305 g/mol. The van der Waals surface area contributed by atoms with E-state index in [2.05, 4.69) is 29.5 Å². The molecular formula is C17H27N3O2. The van der Waals surface area contributed by atoms with Gasteiger partial charge in [0.15, 0.2) is 0 Å². The molecule has 0 bridgehead atoms. The Bertz CT molecular complexity index is 462. The highest BCUT2D eigenvalue weighted by Crippen LogP contribution is 2.26. The summed E-state index contributed by atoms with van der Waals surface area (Å²) in [6, 6.07) is 10.4. The molecule has 2 atom stereocenters. The monoisotopic (exact) mass is 305 g/mol. The SMILES string of the molecule is CC(CNC(=O)N[C@H](CCO)c1ccccc1)N(C)C1CC1. The number of hydrogen-bond donors (Lipinski definition) is 3. The van der Waals surface area contributed by atoms with E-state index in [-0.39, 0.29) is 18.7 Å². The standard InChI is InChI=1S/C17H27N3O2/c1-13(20(2)15-8-9-15)12-18-17(22)19-16(10-11-21)14-6-4-3-5-7-14/h3-7,13,15-16,21H,8-12H2,1-2H3,(H2,18,19,22)/t13?,16-/m1/s1. The lowest BCUT2D eigenvalue weighted by molar-refractivity contribution is 0.216. The van der Waals surface area contributed by atoms with Crippen LogP contribution in [0.3, 0.4) is 0 Å². The molecule has 1 aromatic rings. The molecule has 1 saturated carbocycles. The van der Waals surface area contributed by atoms with Crippen molar-refractivity contribution in [3.05, 3.63) is 35.9 Å². The summed E-state index contributed by atoms with van der Waals surface area (Å²) in [5, 5.41) is 15.1. The number of carbonyl (C=O) groups excluding carboxylic acids is 1.